The maximum atomic E-state index is 12.8. The molecule has 1 heterocycles. The van der Waals surface area contributed by atoms with Gasteiger partial charge in [0.2, 0.25) is 11.8 Å². The first-order valence-corrected chi connectivity index (χ1v) is 5.37. The third-order valence-corrected chi connectivity index (χ3v) is 2.91. The molecule has 0 spiro atoms. The lowest BCUT2D eigenvalue weighted by Crippen LogP contribution is -2.30. The highest BCUT2D eigenvalue weighted by Crippen LogP contribution is 2.23. The molecule has 1 aromatic rings. The second kappa shape index (κ2) is 4.16. The smallest absolute Gasteiger partial charge is 0.232 e. The van der Waals surface area contributed by atoms with E-state index in [1.165, 1.54) is 23.1 Å². The van der Waals surface area contributed by atoms with E-state index < -0.39 is 5.82 Å². The van der Waals surface area contributed by atoms with Gasteiger partial charge in [-0.1, -0.05) is 13.0 Å². The average molecular weight is 236 g/mol. The van der Waals surface area contributed by atoms with E-state index in [0.717, 1.165) is 0 Å². The minimum absolute atomic E-state index is 0.119. The van der Waals surface area contributed by atoms with Crippen LogP contribution >= 0.6 is 0 Å². The highest BCUT2D eigenvalue weighted by atomic mass is 19.1. The Hall–Kier alpha value is -1.91. The highest BCUT2D eigenvalue weighted by molar-refractivity contribution is 6.03. The van der Waals surface area contributed by atoms with Gasteiger partial charge in [0, 0.05) is 18.0 Å². The topological polar surface area (TPSA) is 63.4 Å². The fourth-order valence-corrected chi connectivity index (χ4v) is 1.89. The van der Waals surface area contributed by atoms with Crippen molar-refractivity contribution in [3.63, 3.8) is 0 Å². The van der Waals surface area contributed by atoms with Crippen molar-refractivity contribution in [2.75, 3.05) is 5.73 Å². The zero-order valence-electron chi connectivity index (χ0n) is 9.44. The Morgan fingerprint density at radius 3 is 2.71 bits per heavy atom. The molecule has 90 valence electrons. The van der Waals surface area contributed by atoms with Gasteiger partial charge in [-0.05, 0) is 17.7 Å². The van der Waals surface area contributed by atoms with E-state index in [0.29, 0.717) is 5.56 Å². The van der Waals surface area contributed by atoms with Crippen LogP contribution in [0.5, 0.6) is 0 Å². The number of carbonyl (C=O) groups is 2. The number of imide groups is 1. The van der Waals surface area contributed by atoms with E-state index >= 15 is 0 Å². The standard InChI is InChI=1S/C12H13FN2O2/c1-7-4-11(16)15(12(7)17)6-8-2-3-9(13)5-10(8)14/h2-3,5,7H,4,6,14H2,1H3. The second-order valence-electron chi connectivity index (χ2n) is 4.27. The fraction of sp³-hybridized carbons (Fsp3) is 0.333. The van der Waals surface area contributed by atoms with Gasteiger partial charge in [-0.2, -0.15) is 0 Å². The van der Waals surface area contributed by atoms with Crippen molar-refractivity contribution in [2.24, 2.45) is 5.92 Å². The first-order chi connectivity index (χ1) is 7.99. The number of hydrogen-bond acceptors (Lipinski definition) is 3. The van der Waals surface area contributed by atoms with Crippen LogP contribution in [0, 0.1) is 11.7 Å². The van der Waals surface area contributed by atoms with Gasteiger partial charge >= 0.3 is 0 Å². The van der Waals surface area contributed by atoms with Gasteiger partial charge in [-0.25, -0.2) is 4.39 Å². The van der Waals surface area contributed by atoms with E-state index in [1.54, 1.807) is 6.92 Å². The number of rotatable bonds is 2. The van der Waals surface area contributed by atoms with Crippen molar-refractivity contribution < 1.29 is 14.0 Å². The summed E-state index contributed by atoms with van der Waals surface area (Å²) in [7, 11) is 0. The number of nitrogens with zero attached hydrogens (tertiary/aromatic N) is 1. The summed E-state index contributed by atoms with van der Waals surface area (Å²) in [5.74, 6) is -1.10. The Labute approximate surface area is 98.2 Å². The highest BCUT2D eigenvalue weighted by Gasteiger charge is 2.35. The van der Waals surface area contributed by atoms with Gasteiger partial charge in [-0.3, -0.25) is 14.5 Å². The van der Waals surface area contributed by atoms with Crippen LogP contribution in [-0.4, -0.2) is 16.7 Å². The van der Waals surface area contributed by atoms with Crippen molar-refractivity contribution in [1.29, 1.82) is 0 Å². The third kappa shape index (κ3) is 2.13. The quantitative estimate of drug-likeness (QED) is 0.622. The monoisotopic (exact) mass is 236 g/mol. The molecule has 1 aromatic carbocycles. The normalized spacial score (nSPS) is 20.1. The average Bonchev–Trinajstić information content (AvgIpc) is 2.48. The molecule has 0 aromatic heterocycles. The van der Waals surface area contributed by atoms with E-state index in [-0.39, 0.29) is 36.4 Å². The summed E-state index contributed by atoms with van der Waals surface area (Å²) in [4.78, 5) is 24.4. The molecule has 1 fully saturated rings. The van der Waals surface area contributed by atoms with Crippen LogP contribution < -0.4 is 5.73 Å². The molecule has 0 saturated carbocycles. The van der Waals surface area contributed by atoms with Crippen LogP contribution in [0.25, 0.3) is 0 Å². The number of amides is 2. The summed E-state index contributed by atoms with van der Waals surface area (Å²) in [5, 5.41) is 0. The minimum atomic E-state index is -0.432. The lowest BCUT2D eigenvalue weighted by molar-refractivity contribution is -0.139. The van der Waals surface area contributed by atoms with E-state index in [9.17, 15) is 14.0 Å². The predicted octanol–water partition coefficient (Wildman–Crippen LogP) is 1.30. The van der Waals surface area contributed by atoms with Gasteiger partial charge < -0.3 is 5.73 Å². The number of benzene rings is 1. The Morgan fingerprint density at radius 2 is 2.18 bits per heavy atom. The zero-order valence-corrected chi connectivity index (χ0v) is 9.44. The number of anilines is 1. The van der Waals surface area contributed by atoms with Crippen molar-refractivity contribution >= 4 is 17.5 Å². The van der Waals surface area contributed by atoms with Gasteiger partial charge in [0.25, 0.3) is 0 Å². The molecule has 4 nitrogen and oxygen atoms in total. The molecule has 1 aliphatic rings. The molecule has 2 amide bonds. The lowest BCUT2D eigenvalue weighted by atomic mass is 10.1. The largest absolute Gasteiger partial charge is 0.398 e. The first-order valence-electron chi connectivity index (χ1n) is 5.37. The van der Waals surface area contributed by atoms with Crippen molar-refractivity contribution in [3.05, 3.63) is 29.6 Å². The molecular formula is C12H13FN2O2. The summed E-state index contributed by atoms with van der Waals surface area (Å²) in [5.41, 5.74) is 6.48. The Kier molecular flexibility index (Phi) is 2.83. The lowest BCUT2D eigenvalue weighted by Gasteiger charge is -2.15. The predicted molar refractivity (Wildman–Crippen MR) is 60.2 cm³/mol. The van der Waals surface area contributed by atoms with Gasteiger partial charge in [0.1, 0.15) is 5.82 Å². The Morgan fingerprint density at radius 1 is 1.47 bits per heavy atom. The summed E-state index contributed by atoms with van der Waals surface area (Å²) in [6, 6.07) is 3.94. The number of nitrogen functional groups attached to an aromatic ring is 1. The minimum Gasteiger partial charge on any atom is -0.398 e. The molecule has 1 atom stereocenters. The number of hydrogen-bond donors (Lipinski definition) is 1. The van der Waals surface area contributed by atoms with Gasteiger partial charge in [0.15, 0.2) is 0 Å². The molecular weight excluding hydrogens is 223 g/mol. The third-order valence-electron chi connectivity index (χ3n) is 2.91. The van der Waals surface area contributed by atoms with Crippen LogP contribution in [0.2, 0.25) is 0 Å². The molecule has 1 saturated heterocycles. The molecule has 2 rings (SSSR count). The fourth-order valence-electron chi connectivity index (χ4n) is 1.89. The number of likely N-dealkylation sites (tertiary alicyclic amines) is 1. The molecule has 1 unspecified atom stereocenters. The van der Waals surface area contributed by atoms with Crippen molar-refractivity contribution in [2.45, 2.75) is 19.9 Å². The zero-order chi connectivity index (χ0) is 12.6. The molecule has 0 bridgehead atoms. The van der Waals surface area contributed by atoms with Crippen LogP contribution in [0.4, 0.5) is 10.1 Å². The SMILES string of the molecule is CC1CC(=O)N(Cc2ccc(F)cc2N)C1=O. The number of halogens is 1. The number of nitrogens with two attached hydrogens (primary N) is 1. The van der Waals surface area contributed by atoms with Crippen LogP contribution in [0.1, 0.15) is 18.9 Å². The van der Waals surface area contributed by atoms with Crippen molar-refractivity contribution in [1.82, 2.24) is 4.90 Å². The van der Waals surface area contributed by atoms with Crippen LogP contribution in [0.15, 0.2) is 18.2 Å². The van der Waals surface area contributed by atoms with E-state index in [4.69, 9.17) is 5.73 Å². The Balaban J connectivity index is 2.21. The maximum absolute atomic E-state index is 12.8. The molecule has 1 aliphatic heterocycles. The van der Waals surface area contributed by atoms with E-state index in [2.05, 4.69) is 0 Å². The maximum Gasteiger partial charge on any atom is 0.232 e. The van der Waals surface area contributed by atoms with Gasteiger partial charge in [0.05, 0.1) is 6.54 Å². The summed E-state index contributed by atoms with van der Waals surface area (Å²) >= 11 is 0. The Bertz CT molecular complexity index is 487. The van der Waals surface area contributed by atoms with Crippen LogP contribution in [0.3, 0.4) is 0 Å². The van der Waals surface area contributed by atoms with Gasteiger partial charge in [-0.15, -0.1) is 0 Å². The van der Waals surface area contributed by atoms with Crippen LogP contribution in [-0.2, 0) is 16.1 Å². The molecule has 2 N–H and O–H groups in total. The van der Waals surface area contributed by atoms with E-state index in [1.807, 2.05) is 0 Å². The first kappa shape index (κ1) is 11.6. The second-order valence-corrected chi connectivity index (χ2v) is 4.27. The molecule has 5 heteroatoms. The number of carbonyl (C=O) groups excluding carboxylic acids is 2. The molecule has 0 radical (unpaired) electrons. The van der Waals surface area contributed by atoms with Crippen molar-refractivity contribution in [3.8, 4) is 0 Å². The summed E-state index contributed by atoms with van der Waals surface area (Å²) in [6.07, 6.45) is 0.236. The summed E-state index contributed by atoms with van der Waals surface area (Å²) in [6.45, 7) is 1.84. The molecule has 0 aliphatic carbocycles. The molecule has 17 heavy (non-hydrogen) atoms. The summed E-state index contributed by atoms with van der Waals surface area (Å²) < 4.78 is 12.8.